The third-order valence-corrected chi connectivity index (χ3v) is 3.40. The van der Waals surface area contributed by atoms with Crippen LogP contribution in [0.5, 0.6) is 0 Å². The van der Waals surface area contributed by atoms with Crippen molar-refractivity contribution in [3.63, 3.8) is 0 Å². The van der Waals surface area contributed by atoms with Gasteiger partial charge in [0.25, 0.3) is 0 Å². The molecule has 0 aliphatic carbocycles. The molecule has 1 aliphatic rings. The molecule has 1 aromatic rings. The number of amides is 2. The number of carbonyl (C=O) groups excluding carboxylic acids is 2. The van der Waals surface area contributed by atoms with Crippen molar-refractivity contribution in [3.05, 3.63) is 34.9 Å². The summed E-state index contributed by atoms with van der Waals surface area (Å²) in [5.74, 6) is -1.73. The van der Waals surface area contributed by atoms with Gasteiger partial charge < -0.3 is 15.2 Å². The molecule has 0 radical (unpaired) electrons. The van der Waals surface area contributed by atoms with Crippen molar-refractivity contribution in [2.24, 2.45) is 0 Å². The third kappa shape index (κ3) is 3.08. The lowest BCUT2D eigenvalue weighted by Gasteiger charge is -2.39. The molecule has 0 bridgehead atoms. The van der Waals surface area contributed by atoms with E-state index in [2.05, 4.69) is 10.1 Å². The van der Waals surface area contributed by atoms with Crippen molar-refractivity contribution in [3.8, 4) is 0 Å². The van der Waals surface area contributed by atoms with Gasteiger partial charge >= 0.3 is 12.1 Å². The number of carboxylic acids is 1. The molecule has 1 saturated heterocycles. The van der Waals surface area contributed by atoms with Crippen molar-refractivity contribution in [1.29, 1.82) is 0 Å². The van der Waals surface area contributed by atoms with Gasteiger partial charge in [0.1, 0.15) is 12.2 Å². The highest BCUT2D eigenvalue weighted by atomic mass is 35.5. The van der Waals surface area contributed by atoms with E-state index in [0.29, 0.717) is 10.6 Å². The van der Waals surface area contributed by atoms with Gasteiger partial charge in [-0.1, -0.05) is 23.7 Å². The van der Waals surface area contributed by atoms with E-state index in [-0.39, 0.29) is 6.42 Å². The highest BCUT2D eigenvalue weighted by Crippen LogP contribution is 2.27. The van der Waals surface area contributed by atoms with Gasteiger partial charge in [-0.05, 0) is 17.7 Å². The van der Waals surface area contributed by atoms with Gasteiger partial charge in [-0.2, -0.15) is 0 Å². The van der Waals surface area contributed by atoms with E-state index in [1.54, 1.807) is 24.3 Å². The second-order valence-electron chi connectivity index (χ2n) is 4.46. The molecule has 2 atom stereocenters. The Balaban J connectivity index is 2.43. The molecule has 2 amide bonds. The minimum absolute atomic E-state index is 0.325. The number of benzene rings is 1. The molecule has 1 aliphatic heterocycles. The van der Waals surface area contributed by atoms with Gasteiger partial charge in [-0.15, -0.1) is 0 Å². The highest BCUT2D eigenvalue weighted by Gasteiger charge is 2.42. The summed E-state index contributed by atoms with van der Waals surface area (Å²) in [6, 6.07) is 5.10. The van der Waals surface area contributed by atoms with Crippen molar-refractivity contribution < 1.29 is 24.2 Å². The first-order valence-corrected chi connectivity index (χ1v) is 6.45. The molecule has 2 N–H and O–H groups in total. The van der Waals surface area contributed by atoms with Crippen LogP contribution in [0.1, 0.15) is 18.2 Å². The van der Waals surface area contributed by atoms with Crippen molar-refractivity contribution >= 4 is 29.6 Å². The Morgan fingerprint density at radius 2 is 2.00 bits per heavy atom. The smallest absolute Gasteiger partial charge is 0.412 e. The molecule has 8 heteroatoms. The minimum atomic E-state index is -1.29. The Kier molecular flexibility index (Phi) is 4.32. The number of methoxy groups -OCH3 is 1. The van der Waals surface area contributed by atoms with Crippen LogP contribution in [0.3, 0.4) is 0 Å². The fourth-order valence-electron chi connectivity index (χ4n) is 2.17. The third-order valence-electron chi connectivity index (χ3n) is 3.15. The van der Waals surface area contributed by atoms with Crippen molar-refractivity contribution in [2.75, 3.05) is 7.11 Å². The topological polar surface area (TPSA) is 95.9 Å². The van der Waals surface area contributed by atoms with Crippen LogP contribution >= 0.6 is 11.6 Å². The molecule has 7 nitrogen and oxygen atoms in total. The van der Waals surface area contributed by atoms with E-state index < -0.39 is 30.2 Å². The lowest BCUT2D eigenvalue weighted by molar-refractivity contribution is -0.150. The van der Waals surface area contributed by atoms with Crippen LogP contribution in [-0.4, -0.2) is 41.1 Å². The van der Waals surface area contributed by atoms with Crippen molar-refractivity contribution in [2.45, 2.75) is 18.6 Å². The molecule has 0 saturated carbocycles. The largest absolute Gasteiger partial charge is 0.480 e. The Morgan fingerprint density at radius 3 is 2.52 bits per heavy atom. The fraction of sp³-hybridized carbons (Fsp3) is 0.308. The first-order chi connectivity index (χ1) is 9.93. The molecule has 1 fully saturated rings. The normalized spacial score (nSPS) is 21.6. The number of carbonyl (C=O) groups is 3. The molecular weight excluding hydrogens is 300 g/mol. The van der Waals surface area contributed by atoms with Crippen LogP contribution < -0.4 is 5.32 Å². The maximum atomic E-state index is 11.9. The molecule has 112 valence electrons. The van der Waals surface area contributed by atoms with E-state index in [0.717, 1.165) is 12.0 Å². The zero-order valence-electron chi connectivity index (χ0n) is 11.1. The summed E-state index contributed by atoms with van der Waals surface area (Å²) < 4.78 is 4.63. The summed E-state index contributed by atoms with van der Waals surface area (Å²) in [6.07, 6.45) is -2.08. The number of ether oxygens (including phenoxy) is 1. The first kappa shape index (κ1) is 15.1. The zero-order valence-corrected chi connectivity index (χ0v) is 11.8. The predicted octanol–water partition coefficient (Wildman–Crippen LogP) is 1.38. The second-order valence-corrected chi connectivity index (χ2v) is 4.89. The van der Waals surface area contributed by atoms with Gasteiger partial charge in [0.2, 0.25) is 5.91 Å². The summed E-state index contributed by atoms with van der Waals surface area (Å²) in [6.45, 7) is 0. The monoisotopic (exact) mass is 312 g/mol. The molecule has 2 rings (SSSR count). The summed E-state index contributed by atoms with van der Waals surface area (Å²) in [5, 5.41) is 12.3. The lowest BCUT2D eigenvalue weighted by Crippen LogP contribution is -2.58. The van der Waals surface area contributed by atoms with Crippen LogP contribution in [0.25, 0.3) is 0 Å². The van der Waals surface area contributed by atoms with Crippen LogP contribution in [0, 0.1) is 0 Å². The molecule has 21 heavy (non-hydrogen) atoms. The molecule has 0 unspecified atom stereocenters. The number of rotatable bonds is 2. The van der Waals surface area contributed by atoms with Crippen LogP contribution in [-0.2, 0) is 14.3 Å². The SMILES string of the molecule is COC(=O)N1[C@@H](C(=O)O)CC(=O)N[C@H]1c1ccc(Cl)cc1. The number of carboxylic acid groups (broad SMARTS) is 1. The molecule has 1 heterocycles. The standard InChI is InChI=1S/C13H13ClN2O5/c1-21-13(20)16-9(12(18)19)6-10(17)15-11(16)7-2-4-8(14)5-3-7/h2-5,9,11H,6H2,1H3,(H,15,17)(H,18,19)/t9-,11-/m1/s1. The minimum Gasteiger partial charge on any atom is -0.480 e. The van der Waals surface area contributed by atoms with Gasteiger partial charge in [0.15, 0.2) is 0 Å². The Labute approximate surface area is 125 Å². The second kappa shape index (κ2) is 6.01. The number of nitrogens with one attached hydrogen (secondary N) is 1. The van der Waals surface area contributed by atoms with Crippen LogP contribution in [0.2, 0.25) is 5.02 Å². The number of halogens is 1. The van der Waals surface area contributed by atoms with Gasteiger partial charge in [0, 0.05) is 5.02 Å². The van der Waals surface area contributed by atoms with Crippen LogP contribution in [0.15, 0.2) is 24.3 Å². The van der Waals surface area contributed by atoms with E-state index in [4.69, 9.17) is 11.6 Å². The molecule has 0 aromatic heterocycles. The average molecular weight is 313 g/mol. The first-order valence-electron chi connectivity index (χ1n) is 6.08. The summed E-state index contributed by atoms with van der Waals surface area (Å²) in [5.41, 5.74) is 0.532. The molecular formula is C13H13ClN2O5. The Bertz CT molecular complexity index is 574. The number of hydrogen-bond acceptors (Lipinski definition) is 4. The quantitative estimate of drug-likeness (QED) is 0.860. The van der Waals surface area contributed by atoms with Gasteiger partial charge in [-0.25, -0.2) is 9.59 Å². The summed E-state index contributed by atoms with van der Waals surface area (Å²) in [4.78, 5) is 35.9. The lowest BCUT2D eigenvalue weighted by atomic mass is 10.0. The molecule has 1 aromatic carbocycles. The summed E-state index contributed by atoms with van der Waals surface area (Å²) >= 11 is 5.80. The number of hydrogen-bond donors (Lipinski definition) is 2. The number of aliphatic carboxylic acids is 1. The van der Waals surface area contributed by atoms with Crippen molar-refractivity contribution in [1.82, 2.24) is 10.2 Å². The Hall–Kier alpha value is -2.28. The maximum absolute atomic E-state index is 11.9. The fourth-order valence-corrected chi connectivity index (χ4v) is 2.29. The van der Waals surface area contributed by atoms with E-state index in [1.165, 1.54) is 0 Å². The zero-order chi connectivity index (χ0) is 15.6. The highest BCUT2D eigenvalue weighted by molar-refractivity contribution is 6.30. The van der Waals surface area contributed by atoms with Crippen LogP contribution in [0.4, 0.5) is 4.79 Å². The predicted molar refractivity (Wildman–Crippen MR) is 72.6 cm³/mol. The van der Waals surface area contributed by atoms with E-state index in [9.17, 15) is 19.5 Å². The Morgan fingerprint density at radius 1 is 1.38 bits per heavy atom. The van der Waals surface area contributed by atoms with E-state index in [1.807, 2.05) is 0 Å². The summed E-state index contributed by atoms with van der Waals surface area (Å²) in [7, 11) is 1.15. The number of nitrogens with zero attached hydrogens (tertiary/aromatic N) is 1. The maximum Gasteiger partial charge on any atom is 0.412 e. The van der Waals surface area contributed by atoms with E-state index >= 15 is 0 Å². The average Bonchev–Trinajstić information content (AvgIpc) is 2.46. The van der Waals surface area contributed by atoms with Gasteiger partial charge in [0.05, 0.1) is 13.5 Å². The molecule has 0 spiro atoms. The van der Waals surface area contributed by atoms with Gasteiger partial charge in [-0.3, -0.25) is 9.69 Å².